The smallest absolute Gasteiger partial charge is 0.264 e. The van der Waals surface area contributed by atoms with Gasteiger partial charge >= 0.3 is 0 Å². The van der Waals surface area contributed by atoms with Gasteiger partial charge in [0.1, 0.15) is 5.00 Å². The molecule has 9 nitrogen and oxygen atoms in total. The summed E-state index contributed by atoms with van der Waals surface area (Å²) in [4.78, 5) is 30.2. The van der Waals surface area contributed by atoms with Crippen LogP contribution in [0.4, 0.5) is 10.7 Å². The normalized spacial score (nSPS) is 17.9. The van der Waals surface area contributed by atoms with Crippen molar-refractivity contribution in [2.45, 2.75) is 50.1 Å². The Morgan fingerprint density at radius 2 is 1.63 bits per heavy atom. The molecule has 0 spiro atoms. The quantitative estimate of drug-likeness (QED) is 0.435. The predicted octanol–water partition coefficient (Wildman–Crippen LogP) is 4.46. The highest BCUT2D eigenvalue weighted by Crippen LogP contribution is 2.45. The fraction of sp³-hybridized carbons (Fsp3) is 0.400. The van der Waals surface area contributed by atoms with Gasteiger partial charge in [-0.3, -0.25) is 13.9 Å². The van der Waals surface area contributed by atoms with Crippen molar-refractivity contribution in [2.24, 2.45) is 0 Å². The van der Waals surface area contributed by atoms with Crippen LogP contribution in [0.25, 0.3) is 0 Å². The molecule has 2 aromatic carbocycles. The van der Waals surface area contributed by atoms with E-state index in [4.69, 9.17) is 4.74 Å². The van der Waals surface area contributed by atoms with E-state index in [-0.39, 0.29) is 16.3 Å². The number of carbonyl (C=O) groups excluding carboxylic acids is 2. The summed E-state index contributed by atoms with van der Waals surface area (Å²) in [5.41, 5.74) is 1.68. The van der Waals surface area contributed by atoms with E-state index >= 15 is 0 Å². The van der Waals surface area contributed by atoms with Crippen LogP contribution in [0.3, 0.4) is 0 Å². The van der Waals surface area contributed by atoms with Crippen molar-refractivity contribution in [3.8, 4) is 0 Å². The number of benzene rings is 2. The number of anilines is 2. The Hall–Kier alpha value is -3.25. The number of ether oxygens (including phenoxy) is 1. The molecule has 1 fully saturated rings. The molecule has 41 heavy (non-hydrogen) atoms. The number of morpholine rings is 1. The highest BCUT2D eigenvalue weighted by molar-refractivity contribution is 7.92. The summed E-state index contributed by atoms with van der Waals surface area (Å²) in [7, 11) is -2.32. The van der Waals surface area contributed by atoms with Crippen LogP contribution in [0, 0.1) is 0 Å². The van der Waals surface area contributed by atoms with Crippen LogP contribution in [0.2, 0.25) is 0 Å². The highest BCUT2D eigenvalue weighted by atomic mass is 32.2. The van der Waals surface area contributed by atoms with Crippen LogP contribution in [-0.2, 0) is 26.7 Å². The van der Waals surface area contributed by atoms with E-state index < -0.39 is 21.5 Å². The molecule has 3 heterocycles. The predicted molar refractivity (Wildman–Crippen MR) is 161 cm³/mol. The first-order chi connectivity index (χ1) is 19.3. The number of rotatable bonds is 6. The first-order valence-corrected chi connectivity index (χ1v) is 15.8. The molecule has 2 aliphatic heterocycles. The third kappa shape index (κ3) is 5.76. The number of amides is 2. The minimum atomic E-state index is -3.81. The summed E-state index contributed by atoms with van der Waals surface area (Å²) in [6.45, 7) is 10.3. The highest BCUT2D eigenvalue weighted by Gasteiger charge is 2.42. The third-order valence-corrected chi connectivity index (χ3v) is 10.7. The zero-order valence-electron chi connectivity index (χ0n) is 24.0. The second-order valence-electron chi connectivity index (χ2n) is 11.6. The molecule has 0 radical (unpaired) electrons. The van der Waals surface area contributed by atoms with E-state index in [9.17, 15) is 18.0 Å². The maximum absolute atomic E-state index is 13.9. The van der Waals surface area contributed by atoms with Gasteiger partial charge in [0.2, 0.25) is 0 Å². The Morgan fingerprint density at radius 3 is 2.27 bits per heavy atom. The van der Waals surface area contributed by atoms with Crippen molar-refractivity contribution in [1.29, 1.82) is 0 Å². The molecule has 1 aromatic heterocycles. The largest absolute Gasteiger partial charge is 0.378 e. The second kappa shape index (κ2) is 10.9. The molecule has 3 aromatic rings. The van der Waals surface area contributed by atoms with Crippen LogP contribution < -0.4 is 14.9 Å². The molecule has 1 saturated heterocycles. The number of nitrogens with one attached hydrogen (secondary N) is 2. The van der Waals surface area contributed by atoms with Gasteiger partial charge in [-0.1, -0.05) is 18.2 Å². The average Bonchev–Trinajstić information content (AvgIpc) is 3.30. The van der Waals surface area contributed by atoms with Gasteiger partial charge in [0, 0.05) is 41.7 Å². The Morgan fingerprint density at radius 1 is 1.00 bits per heavy atom. The fourth-order valence-corrected chi connectivity index (χ4v) is 8.11. The van der Waals surface area contributed by atoms with E-state index in [1.807, 2.05) is 6.07 Å². The van der Waals surface area contributed by atoms with Gasteiger partial charge in [-0.2, -0.15) is 0 Å². The summed E-state index contributed by atoms with van der Waals surface area (Å²) in [6, 6.07) is 14.6. The lowest BCUT2D eigenvalue weighted by Crippen LogP contribution is -2.55. The number of nitrogens with zero attached hydrogens (tertiary/aromatic N) is 2. The Bertz CT molecular complexity index is 1560. The molecule has 2 N–H and O–H groups in total. The number of carbonyl (C=O) groups is 2. The van der Waals surface area contributed by atoms with E-state index in [1.54, 1.807) is 29.2 Å². The molecule has 0 unspecified atom stereocenters. The van der Waals surface area contributed by atoms with Crippen LogP contribution >= 0.6 is 11.3 Å². The minimum absolute atomic E-state index is 0.0743. The van der Waals surface area contributed by atoms with E-state index in [2.05, 4.69) is 38.3 Å². The molecule has 5 rings (SSSR count). The maximum atomic E-state index is 13.9. The summed E-state index contributed by atoms with van der Waals surface area (Å²) < 4.78 is 33.0. The number of sulfonamides is 1. The summed E-state index contributed by atoms with van der Waals surface area (Å²) in [5, 5.41) is 7.16. The van der Waals surface area contributed by atoms with Gasteiger partial charge in [-0.25, -0.2) is 8.42 Å². The zero-order valence-corrected chi connectivity index (χ0v) is 25.6. The van der Waals surface area contributed by atoms with Crippen molar-refractivity contribution < 1.29 is 22.7 Å². The molecule has 2 amide bonds. The Balaban J connectivity index is 1.45. The lowest BCUT2D eigenvalue weighted by atomic mass is 9.81. The zero-order chi connectivity index (χ0) is 29.6. The number of thiophene rings is 1. The standard InChI is InChI=1S/C30H36N4O5S2/c1-29(2)19-23-24(28(36)34-15-17-39-18-16-34)27(40-25(23)30(3,4)32-29)31-26(35)20-11-13-22(14-12-20)41(37,38)33(5)21-9-7-6-8-10-21/h6-14,32H,15-19H2,1-5H3,(H,31,35). The number of fused-ring (bicyclic) bond motifs is 1. The number of hydrogen-bond donors (Lipinski definition) is 2. The Kier molecular flexibility index (Phi) is 7.75. The average molecular weight is 597 g/mol. The van der Waals surface area contributed by atoms with Crippen LogP contribution in [0.15, 0.2) is 59.5 Å². The topological polar surface area (TPSA) is 108 Å². The van der Waals surface area contributed by atoms with Gasteiger partial charge < -0.3 is 20.3 Å². The third-order valence-electron chi connectivity index (χ3n) is 7.48. The summed E-state index contributed by atoms with van der Waals surface area (Å²) >= 11 is 1.42. The van der Waals surface area contributed by atoms with E-state index in [0.29, 0.717) is 54.5 Å². The van der Waals surface area contributed by atoms with Crippen LogP contribution in [-0.4, -0.2) is 64.0 Å². The maximum Gasteiger partial charge on any atom is 0.264 e. The monoisotopic (exact) mass is 596 g/mol. The van der Waals surface area contributed by atoms with Gasteiger partial charge in [0.05, 0.1) is 29.4 Å². The van der Waals surface area contributed by atoms with E-state index in [1.165, 1.54) is 47.0 Å². The first kappa shape index (κ1) is 29.2. The van der Waals surface area contributed by atoms with Crippen molar-refractivity contribution in [1.82, 2.24) is 10.2 Å². The van der Waals surface area contributed by atoms with Crippen molar-refractivity contribution in [3.63, 3.8) is 0 Å². The summed E-state index contributed by atoms with van der Waals surface area (Å²) in [6.07, 6.45) is 0.644. The van der Waals surface area contributed by atoms with Gasteiger partial charge in [-0.15, -0.1) is 11.3 Å². The van der Waals surface area contributed by atoms with Crippen molar-refractivity contribution >= 4 is 43.9 Å². The number of para-hydroxylation sites is 1. The molecular weight excluding hydrogens is 560 g/mol. The van der Waals surface area contributed by atoms with Gasteiger partial charge in [0.25, 0.3) is 21.8 Å². The van der Waals surface area contributed by atoms with Crippen LogP contribution in [0.1, 0.15) is 58.9 Å². The molecule has 11 heteroatoms. The lowest BCUT2D eigenvalue weighted by Gasteiger charge is -2.42. The van der Waals surface area contributed by atoms with Gasteiger partial charge in [0.15, 0.2) is 0 Å². The fourth-order valence-electron chi connectivity index (χ4n) is 5.65. The first-order valence-electron chi connectivity index (χ1n) is 13.6. The molecule has 0 aliphatic carbocycles. The lowest BCUT2D eigenvalue weighted by molar-refractivity contribution is 0.0302. The Labute approximate surface area is 245 Å². The van der Waals surface area contributed by atoms with Crippen LogP contribution in [0.5, 0.6) is 0 Å². The SMILES string of the molecule is CN(c1ccccc1)S(=O)(=O)c1ccc(C(=O)Nc2sc3c(c2C(=O)N2CCOCC2)CC(C)(C)NC3(C)C)cc1. The molecule has 2 aliphatic rings. The van der Waals surface area contributed by atoms with E-state index in [0.717, 1.165) is 10.4 Å². The summed E-state index contributed by atoms with van der Waals surface area (Å²) in [5.74, 6) is -0.523. The van der Waals surface area contributed by atoms with Crippen molar-refractivity contribution in [2.75, 3.05) is 43.0 Å². The molecule has 0 atom stereocenters. The molecule has 0 saturated carbocycles. The molecular formula is C30H36N4O5S2. The van der Waals surface area contributed by atoms with Crippen molar-refractivity contribution in [3.05, 3.63) is 76.2 Å². The number of hydrogen-bond acceptors (Lipinski definition) is 7. The molecule has 0 bridgehead atoms. The minimum Gasteiger partial charge on any atom is -0.378 e. The second-order valence-corrected chi connectivity index (χ2v) is 14.6. The molecule has 218 valence electrons. The van der Waals surface area contributed by atoms with Gasteiger partial charge in [-0.05, 0) is 76.1 Å².